The van der Waals surface area contributed by atoms with Crippen LogP contribution in [0.25, 0.3) is 11.5 Å². The topological polar surface area (TPSA) is 38.7 Å². The van der Waals surface area contributed by atoms with Gasteiger partial charge in [0.15, 0.2) is 5.82 Å². The average Bonchev–Trinajstić information content (AvgIpc) is 2.45. The summed E-state index contributed by atoms with van der Waals surface area (Å²) in [5.74, 6) is 1.13. The molecule has 0 aliphatic carbocycles. The van der Waals surface area contributed by atoms with Crippen LogP contribution in [0.2, 0.25) is 19.6 Å². The second kappa shape index (κ2) is 6.15. The summed E-state index contributed by atoms with van der Waals surface area (Å²) in [5, 5.41) is 1.35. The van der Waals surface area contributed by atoms with E-state index >= 15 is 0 Å². The van der Waals surface area contributed by atoms with E-state index in [1.165, 1.54) is 10.9 Å². The molecule has 0 unspecified atom stereocenters. The normalized spacial score (nSPS) is 12.7. The molecule has 2 aromatic heterocycles. The first-order valence-corrected chi connectivity index (χ1v) is 11.9. The molecule has 2 rings (SSSR count). The number of nitrogens with zero attached hydrogens (tertiary/aromatic N) is 3. The Labute approximate surface area is 141 Å². The summed E-state index contributed by atoms with van der Waals surface area (Å²) < 4.78 is 0. The van der Waals surface area contributed by atoms with Gasteiger partial charge >= 0.3 is 0 Å². The lowest BCUT2D eigenvalue weighted by Crippen LogP contribution is -2.41. The Balaban J connectivity index is 2.56. The summed E-state index contributed by atoms with van der Waals surface area (Å²) >= 11 is 0. The number of pyridine rings is 1. The van der Waals surface area contributed by atoms with E-state index in [2.05, 4.69) is 65.3 Å². The zero-order valence-electron chi connectivity index (χ0n) is 15.7. The van der Waals surface area contributed by atoms with Crippen molar-refractivity contribution >= 4 is 13.3 Å². The molecular formula is C19H29N3Si. The smallest absolute Gasteiger partial charge is 0.178 e. The molecule has 2 aromatic rings. The Morgan fingerprint density at radius 2 is 1.65 bits per heavy atom. The van der Waals surface area contributed by atoms with Crippen molar-refractivity contribution in [3.05, 3.63) is 35.8 Å². The van der Waals surface area contributed by atoms with Crippen molar-refractivity contribution in [3.63, 3.8) is 0 Å². The molecule has 0 N–H and O–H groups in total. The molecular weight excluding hydrogens is 298 g/mol. The molecule has 23 heavy (non-hydrogen) atoms. The summed E-state index contributed by atoms with van der Waals surface area (Å²) in [5.41, 5.74) is 3.13. The molecule has 0 fully saturated rings. The van der Waals surface area contributed by atoms with Gasteiger partial charge in [-0.15, -0.1) is 0 Å². The van der Waals surface area contributed by atoms with E-state index in [9.17, 15) is 0 Å². The highest BCUT2D eigenvalue weighted by atomic mass is 28.3. The van der Waals surface area contributed by atoms with Crippen LogP contribution in [0, 0.1) is 0 Å². The molecule has 0 bridgehead atoms. The molecule has 0 spiro atoms. The SMILES string of the molecule is CC(C)c1nc(-c2cccc(C(C)(C)C)n2)ncc1[Si](C)(C)C. The zero-order valence-corrected chi connectivity index (χ0v) is 16.7. The van der Waals surface area contributed by atoms with Gasteiger partial charge in [0.25, 0.3) is 0 Å². The van der Waals surface area contributed by atoms with Crippen LogP contribution in [-0.4, -0.2) is 23.0 Å². The molecule has 0 atom stereocenters. The maximum absolute atomic E-state index is 4.89. The van der Waals surface area contributed by atoms with Gasteiger partial charge < -0.3 is 0 Å². The third-order valence-electron chi connectivity index (χ3n) is 3.92. The van der Waals surface area contributed by atoms with Crippen molar-refractivity contribution < 1.29 is 0 Å². The Morgan fingerprint density at radius 1 is 1.00 bits per heavy atom. The molecule has 0 saturated carbocycles. The lowest BCUT2D eigenvalue weighted by atomic mass is 9.91. The molecule has 3 nitrogen and oxygen atoms in total. The van der Waals surface area contributed by atoms with E-state index in [-0.39, 0.29) is 5.41 Å². The van der Waals surface area contributed by atoms with Gasteiger partial charge in [0.05, 0.1) is 8.07 Å². The Morgan fingerprint density at radius 3 is 2.17 bits per heavy atom. The third-order valence-corrected chi connectivity index (χ3v) is 5.92. The van der Waals surface area contributed by atoms with Crippen LogP contribution in [0.1, 0.15) is 51.9 Å². The standard InChI is InChI=1S/C19H29N3Si/c1-13(2)17-15(23(6,7)8)12-20-18(22-17)14-10-9-11-16(21-14)19(3,4)5/h9-13H,1-8H3. The minimum absolute atomic E-state index is 0.0230. The van der Waals surface area contributed by atoms with Gasteiger partial charge in [0, 0.05) is 23.0 Å². The third kappa shape index (κ3) is 4.05. The molecule has 4 heteroatoms. The van der Waals surface area contributed by atoms with Gasteiger partial charge in [-0.1, -0.05) is 60.3 Å². The van der Waals surface area contributed by atoms with Gasteiger partial charge in [-0.05, 0) is 23.2 Å². The fraction of sp³-hybridized carbons (Fsp3) is 0.526. The molecule has 0 radical (unpaired) electrons. The van der Waals surface area contributed by atoms with E-state index in [1.54, 1.807) is 0 Å². The van der Waals surface area contributed by atoms with E-state index < -0.39 is 8.07 Å². The summed E-state index contributed by atoms with van der Waals surface area (Å²) in [6, 6.07) is 6.12. The summed E-state index contributed by atoms with van der Waals surface area (Å²) in [6.45, 7) is 18.0. The van der Waals surface area contributed by atoms with E-state index in [1.807, 2.05) is 18.3 Å². The van der Waals surface area contributed by atoms with Crippen LogP contribution >= 0.6 is 0 Å². The number of rotatable bonds is 3. The fourth-order valence-electron chi connectivity index (χ4n) is 2.51. The van der Waals surface area contributed by atoms with Crippen LogP contribution in [-0.2, 0) is 5.41 Å². The Kier molecular flexibility index (Phi) is 4.76. The second-order valence-electron chi connectivity index (χ2n) is 8.56. The molecule has 0 amide bonds. The molecule has 0 aliphatic rings. The first-order valence-electron chi connectivity index (χ1n) is 8.35. The highest BCUT2D eigenvalue weighted by molar-refractivity contribution is 6.88. The molecule has 2 heterocycles. The minimum atomic E-state index is -1.45. The van der Waals surface area contributed by atoms with Gasteiger partial charge in [-0.25, -0.2) is 15.0 Å². The van der Waals surface area contributed by atoms with Crippen molar-refractivity contribution in [2.45, 2.75) is 65.6 Å². The average molecular weight is 328 g/mol. The van der Waals surface area contributed by atoms with Crippen LogP contribution < -0.4 is 5.19 Å². The Bertz CT molecular complexity index is 694. The zero-order chi connectivity index (χ0) is 17.4. The largest absolute Gasteiger partial charge is 0.249 e. The number of hydrogen-bond donors (Lipinski definition) is 0. The maximum atomic E-state index is 4.89. The van der Waals surface area contributed by atoms with Gasteiger partial charge in [0.1, 0.15) is 5.69 Å². The lowest BCUT2D eigenvalue weighted by Gasteiger charge is -2.22. The first-order chi connectivity index (χ1) is 10.5. The lowest BCUT2D eigenvalue weighted by molar-refractivity contribution is 0.569. The summed E-state index contributed by atoms with van der Waals surface area (Å²) in [6.07, 6.45) is 2.04. The highest BCUT2D eigenvalue weighted by Crippen LogP contribution is 2.23. The van der Waals surface area contributed by atoms with Crippen molar-refractivity contribution in [2.75, 3.05) is 0 Å². The molecule has 0 saturated heterocycles. The van der Waals surface area contributed by atoms with E-state index in [4.69, 9.17) is 9.97 Å². The van der Waals surface area contributed by atoms with E-state index in [0.717, 1.165) is 17.2 Å². The number of hydrogen-bond acceptors (Lipinski definition) is 3. The van der Waals surface area contributed by atoms with Crippen LogP contribution in [0.5, 0.6) is 0 Å². The predicted molar refractivity (Wildman–Crippen MR) is 101 cm³/mol. The van der Waals surface area contributed by atoms with Gasteiger partial charge in [0.2, 0.25) is 0 Å². The van der Waals surface area contributed by atoms with Crippen molar-refractivity contribution in [2.24, 2.45) is 0 Å². The van der Waals surface area contributed by atoms with Crippen LogP contribution in [0.3, 0.4) is 0 Å². The second-order valence-corrected chi connectivity index (χ2v) is 13.6. The van der Waals surface area contributed by atoms with Crippen molar-refractivity contribution in [1.29, 1.82) is 0 Å². The van der Waals surface area contributed by atoms with Gasteiger partial charge in [-0.2, -0.15) is 0 Å². The number of aromatic nitrogens is 3. The van der Waals surface area contributed by atoms with Crippen molar-refractivity contribution in [1.82, 2.24) is 15.0 Å². The first kappa shape index (κ1) is 17.8. The quantitative estimate of drug-likeness (QED) is 0.779. The molecule has 124 valence electrons. The monoisotopic (exact) mass is 327 g/mol. The van der Waals surface area contributed by atoms with Crippen LogP contribution in [0.15, 0.2) is 24.4 Å². The molecule has 0 aliphatic heterocycles. The molecule has 0 aromatic carbocycles. The van der Waals surface area contributed by atoms with Gasteiger partial charge in [-0.3, -0.25) is 0 Å². The predicted octanol–water partition coefficient (Wildman–Crippen LogP) is 4.50. The fourth-order valence-corrected chi connectivity index (χ4v) is 4.08. The minimum Gasteiger partial charge on any atom is -0.249 e. The Hall–Kier alpha value is -1.55. The maximum Gasteiger partial charge on any atom is 0.178 e. The van der Waals surface area contributed by atoms with Crippen LogP contribution in [0.4, 0.5) is 0 Å². The van der Waals surface area contributed by atoms with Crippen molar-refractivity contribution in [3.8, 4) is 11.5 Å². The van der Waals surface area contributed by atoms with E-state index in [0.29, 0.717) is 5.92 Å². The summed E-state index contributed by atoms with van der Waals surface area (Å²) in [7, 11) is -1.45. The summed E-state index contributed by atoms with van der Waals surface area (Å²) in [4.78, 5) is 14.3. The highest BCUT2D eigenvalue weighted by Gasteiger charge is 2.24.